The predicted octanol–water partition coefficient (Wildman–Crippen LogP) is 2.32. The number of rotatable bonds is 7. The van der Waals surface area contributed by atoms with Gasteiger partial charge in [-0.05, 0) is 18.8 Å². The maximum absolute atomic E-state index is 11.9. The summed E-state index contributed by atoms with van der Waals surface area (Å²) in [6.07, 6.45) is 2.07. The third kappa shape index (κ3) is 4.35. The summed E-state index contributed by atoms with van der Waals surface area (Å²) < 4.78 is 4.69. The smallest absolute Gasteiger partial charge is 0.350 e. The van der Waals surface area contributed by atoms with Gasteiger partial charge >= 0.3 is 5.97 Å². The Bertz CT molecular complexity index is 512. The van der Waals surface area contributed by atoms with Crippen molar-refractivity contribution in [1.82, 2.24) is 5.32 Å². The van der Waals surface area contributed by atoms with E-state index in [0.717, 1.165) is 30.7 Å². The lowest BCUT2D eigenvalue weighted by molar-refractivity contribution is 0.0607. The van der Waals surface area contributed by atoms with Gasteiger partial charge in [-0.15, -0.1) is 11.3 Å². The van der Waals surface area contributed by atoms with Gasteiger partial charge in [-0.25, -0.2) is 4.79 Å². The van der Waals surface area contributed by atoms with Gasteiger partial charge in [0.2, 0.25) is 0 Å². The summed E-state index contributed by atoms with van der Waals surface area (Å²) in [6.45, 7) is 5.05. The molecule has 1 aromatic heterocycles. The monoisotopic (exact) mass is 313 g/mol. The highest BCUT2D eigenvalue weighted by Gasteiger charge is 2.25. The number of anilines is 2. The van der Waals surface area contributed by atoms with Crippen LogP contribution < -0.4 is 16.4 Å². The molecule has 1 aromatic rings. The van der Waals surface area contributed by atoms with Gasteiger partial charge in [0.05, 0.1) is 18.4 Å². The number of hydrogen-bond donors (Lipinski definition) is 3. The second-order valence-electron chi connectivity index (χ2n) is 5.08. The van der Waals surface area contributed by atoms with E-state index in [-0.39, 0.29) is 16.5 Å². The SMILES string of the molecule is CNC(=O)c1c(NCCCC(C)C)sc(C(=O)OC)c1N. The highest BCUT2D eigenvalue weighted by molar-refractivity contribution is 7.19. The zero-order chi connectivity index (χ0) is 16.0. The van der Waals surface area contributed by atoms with Gasteiger partial charge in [0.15, 0.2) is 0 Å². The van der Waals surface area contributed by atoms with Crippen LogP contribution in [0.15, 0.2) is 0 Å². The Hall–Kier alpha value is -1.76. The number of amides is 1. The zero-order valence-corrected chi connectivity index (χ0v) is 13.7. The summed E-state index contributed by atoms with van der Waals surface area (Å²) >= 11 is 1.15. The maximum atomic E-state index is 11.9. The highest BCUT2D eigenvalue weighted by atomic mass is 32.1. The quantitative estimate of drug-likeness (QED) is 0.530. The average Bonchev–Trinajstić information content (AvgIpc) is 2.78. The Labute approximate surface area is 129 Å². The number of esters is 1. The topological polar surface area (TPSA) is 93.5 Å². The lowest BCUT2D eigenvalue weighted by atomic mass is 10.1. The van der Waals surface area contributed by atoms with Crippen molar-refractivity contribution in [3.63, 3.8) is 0 Å². The molecule has 0 fully saturated rings. The Morgan fingerprint density at radius 3 is 2.57 bits per heavy atom. The van der Waals surface area contributed by atoms with E-state index in [0.29, 0.717) is 16.5 Å². The third-order valence-corrected chi connectivity index (χ3v) is 4.16. The molecule has 4 N–H and O–H groups in total. The molecule has 7 heteroatoms. The molecular weight excluding hydrogens is 290 g/mol. The fraction of sp³-hybridized carbons (Fsp3) is 0.571. The number of nitrogen functional groups attached to an aromatic ring is 1. The van der Waals surface area contributed by atoms with Crippen LogP contribution in [0.25, 0.3) is 0 Å². The Morgan fingerprint density at radius 2 is 2.05 bits per heavy atom. The van der Waals surface area contributed by atoms with Crippen LogP contribution in [0.2, 0.25) is 0 Å². The largest absolute Gasteiger partial charge is 0.465 e. The minimum Gasteiger partial charge on any atom is -0.465 e. The van der Waals surface area contributed by atoms with E-state index in [2.05, 4.69) is 29.2 Å². The molecule has 0 spiro atoms. The molecule has 0 radical (unpaired) electrons. The first-order valence-electron chi connectivity index (χ1n) is 6.88. The summed E-state index contributed by atoms with van der Waals surface area (Å²) in [5, 5.41) is 6.34. The molecular formula is C14H23N3O3S. The van der Waals surface area contributed by atoms with Crippen molar-refractivity contribution in [3.8, 4) is 0 Å². The first kappa shape index (κ1) is 17.3. The maximum Gasteiger partial charge on any atom is 0.350 e. The van der Waals surface area contributed by atoms with Gasteiger partial charge < -0.3 is 21.1 Å². The van der Waals surface area contributed by atoms with Crippen LogP contribution in [0, 0.1) is 5.92 Å². The molecule has 1 rings (SSSR count). The molecule has 0 unspecified atom stereocenters. The second-order valence-corrected chi connectivity index (χ2v) is 6.10. The van der Waals surface area contributed by atoms with Gasteiger partial charge in [-0.2, -0.15) is 0 Å². The molecule has 118 valence electrons. The van der Waals surface area contributed by atoms with E-state index in [4.69, 9.17) is 5.73 Å². The van der Waals surface area contributed by atoms with Crippen LogP contribution in [0.4, 0.5) is 10.7 Å². The van der Waals surface area contributed by atoms with E-state index >= 15 is 0 Å². The molecule has 0 aliphatic rings. The van der Waals surface area contributed by atoms with Crippen LogP contribution in [0.1, 0.15) is 46.7 Å². The first-order chi connectivity index (χ1) is 9.92. The minimum atomic E-state index is -0.530. The number of carbonyl (C=O) groups excluding carboxylic acids is 2. The summed E-state index contributed by atoms with van der Waals surface area (Å²) in [7, 11) is 2.82. The van der Waals surface area contributed by atoms with Crippen LogP contribution in [0.5, 0.6) is 0 Å². The summed E-state index contributed by atoms with van der Waals surface area (Å²) in [6, 6.07) is 0. The third-order valence-electron chi connectivity index (χ3n) is 3.01. The average molecular weight is 313 g/mol. The number of nitrogens with two attached hydrogens (primary N) is 1. The fourth-order valence-electron chi connectivity index (χ4n) is 1.88. The van der Waals surface area contributed by atoms with E-state index in [1.807, 2.05) is 0 Å². The van der Waals surface area contributed by atoms with Crippen molar-refractivity contribution in [2.45, 2.75) is 26.7 Å². The first-order valence-corrected chi connectivity index (χ1v) is 7.70. The normalized spacial score (nSPS) is 10.5. The van der Waals surface area contributed by atoms with Crippen molar-refractivity contribution in [1.29, 1.82) is 0 Å². The van der Waals surface area contributed by atoms with Crippen LogP contribution >= 0.6 is 11.3 Å². The molecule has 0 saturated heterocycles. The van der Waals surface area contributed by atoms with Crippen molar-refractivity contribution >= 4 is 33.9 Å². The summed E-state index contributed by atoms with van der Waals surface area (Å²) in [4.78, 5) is 23.9. The molecule has 6 nitrogen and oxygen atoms in total. The Kier molecular flexibility index (Phi) is 6.48. The Morgan fingerprint density at radius 1 is 1.38 bits per heavy atom. The molecule has 0 aromatic carbocycles. The standard InChI is InChI=1S/C14H23N3O3S/c1-8(2)6-5-7-17-13-9(12(18)16-3)10(15)11(21-13)14(19)20-4/h8,17H,5-7,15H2,1-4H3,(H,16,18). The van der Waals surface area contributed by atoms with Gasteiger partial charge in [0, 0.05) is 13.6 Å². The summed E-state index contributed by atoms with van der Waals surface area (Å²) in [5.74, 6) is -0.215. The van der Waals surface area contributed by atoms with Gasteiger partial charge in [-0.3, -0.25) is 4.79 Å². The lowest BCUT2D eigenvalue weighted by Crippen LogP contribution is -2.20. The zero-order valence-electron chi connectivity index (χ0n) is 12.9. The molecule has 21 heavy (non-hydrogen) atoms. The molecule has 0 atom stereocenters. The van der Waals surface area contributed by atoms with Crippen molar-refractivity contribution in [2.75, 3.05) is 31.8 Å². The molecule has 1 heterocycles. The van der Waals surface area contributed by atoms with Crippen LogP contribution in [-0.2, 0) is 4.74 Å². The number of methoxy groups -OCH3 is 1. The van der Waals surface area contributed by atoms with E-state index in [1.54, 1.807) is 0 Å². The number of hydrogen-bond acceptors (Lipinski definition) is 6. The van der Waals surface area contributed by atoms with Gasteiger partial charge in [0.1, 0.15) is 9.88 Å². The Balaban J connectivity index is 2.95. The van der Waals surface area contributed by atoms with Crippen molar-refractivity contribution < 1.29 is 14.3 Å². The number of carbonyl (C=O) groups is 2. The molecule has 0 aliphatic heterocycles. The molecule has 0 aliphatic carbocycles. The predicted molar refractivity (Wildman–Crippen MR) is 86.0 cm³/mol. The molecule has 0 saturated carbocycles. The number of nitrogens with one attached hydrogen (secondary N) is 2. The van der Waals surface area contributed by atoms with E-state index < -0.39 is 5.97 Å². The van der Waals surface area contributed by atoms with E-state index in [1.165, 1.54) is 14.2 Å². The lowest BCUT2D eigenvalue weighted by Gasteiger charge is -2.08. The fourth-order valence-corrected chi connectivity index (χ4v) is 2.94. The van der Waals surface area contributed by atoms with Crippen molar-refractivity contribution in [3.05, 3.63) is 10.4 Å². The van der Waals surface area contributed by atoms with Crippen molar-refractivity contribution in [2.24, 2.45) is 5.92 Å². The van der Waals surface area contributed by atoms with E-state index in [9.17, 15) is 9.59 Å². The second kappa shape index (κ2) is 7.87. The number of thiophene rings is 1. The van der Waals surface area contributed by atoms with Crippen LogP contribution in [0.3, 0.4) is 0 Å². The van der Waals surface area contributed by atoms with Gasteiger partial charge in [0.25, 0.3) is 5.91 Å². The highest BCUT2D eigenvalue weighted by Crippen LogP contribution is 2.36. The van der Waals surface area contributed by atoms with Crippen LogP contribution in [-0.4, -0.2) is 32.6 Å². The molecule has 0 bridgehead atoms. The number of ether oxygens (including phenoxy) is 1. The minimum absolute atomic E-state index is 0.164. The van der Waals surface area contributed by atoms with Gasteiger partial charge in [-0.1, -0.05) is 13.8 Å². The summed E-state index contributed by atoms with van der Waals surface area (Å²) in [5.41, 5.74) is 6.40. The molecule has 1 amide bonds.